The molecule has 1 aliphatic heterocycles. The van der Waals surface area contributed by atoms with Gasteiger partial charge in [0.25, 0.3) is 0 Å². The number of hydrogen-bond acceptors (Lipinski definition) is 5. The maximum Gasteiger partial charge on any atom is 0.471 e. The average molecular weight is 506 g/mol. The van der Waals surface area contributed by atoms with Crippen molar-refractivity contribution in [1.82, 2.24) is 15.8 Å². The third-order valence-corrected chi connectivity index (χ3v) is 6.08. The van der Waals surface area contributed by atoms with Crippen molar-refractivity contribution in [1.29, 1.82) is 0 Å². The molecule has 2 unspecified atom stereocenters. The molecule has 2 N–H and O–H groups in total. The zero-order valence-corrected chi connectivity index (χ0v) is 19.6. The number of allylic oxidation sites excluding steroid dienone is 7. The first-order valence-electron chi connectivity index (χ1n) is 11.7. The van der Waals surface area contributed by atoms with Crippen molar-refractivity contribution in [3.8, 4) is 0 Å². The van der Waals surface area contributed by atoms with Crippen molar-refractivity contribution in [3.63, 3.8) is 0 Å². The molecule has 4 atom stereocenters. The minimum atomic E-state index is -5.02. The van der Waals surface area contributed by atoms with E-state index in [0.717, 1.165) is 5.70 Å². The Morgan fingerprint density at radius 1 is 1.28 bits per heavy atom. The third kappa shape index (κ3) is 6.38. The minimum Gasteiger partial charge on any atom is -0.485 e. The molecule has 6 nitrogen and oxygen atoms in total. The summed E-state index contributed by atoms with van der Waals surface area (Å²) in [6.07, 6.45) is 13.5. The minimum absolute atomic E-state index is 0.00957. The summed E-state index contributed by atoms with van der Waals surface area (Å²) < 4.78 is 63.2. The second-order valence-electron chi connectivity index (χ2n) is 8.75. The second kappa shape index (κ2) is 11.1. The van der Waals surface area contributed by atoms with E-state index >= 15 is 0 Å². The van der Waals surface area contributed by atoms with Gasteiger partial charge in [0.15, 0.2) is 5.76 Å². The number of nitrogens with zero attached hydrogens (tertiary/aromatic N) is 1. The fourth-order valence-corrected chi connectivity index (χ4v) is 4.21. The molecule has 3 aliphatic carbocycles. The van der Waals surface area contributed by atoms with Gasteiger partial charge in [0.2, 0.25) is 0 Å². The molecule has 0 radical (unpaired) electrons. The van der Waals surface area contributed by atoms with Crippen LogP contribution in [0.4, 0.5) is 17.6 Å². The molecule has 36 heavy (non-hydrogen) atoms. The molecule has 0 spiro atoms. The largest absolute Gasteiger partial charge is 0.485 e. The highest BCUT2D eigenvalue weighted by atomic mass is 19.4. The zero-order valence-electron chi connectivity index (χ0n) is 19.6. The van der Waals surface area contributed by atoms with Crippen LogP contribution in [0.3, 0.4) is 0 Å². The average Bonchev–Trinajstić information content (AvgIpc) is 3.27. The van der Waals surface area contributed by atoms with E-state index in [0.29, 0.717) is 31.6 Å². The normalized spacial score (nSPS) is 25.6. The van der Waals surface area contributed by atoms with Gasteiger partial charge in [-0.05, 0) is 49.5 Å². The Labute approximate surface area is 206 Å². The lowest BCUT2D eigenvalue weighted by molar-refractivity contribution is -0.174. The van der Waals surface area contributed by atoms with Gasteiger partial charge in [0.05, 0.1) is 12.1 Å². The van der Waals surface area contributed by atoms with Crippen LogP contribution in [-0.2, 0) is 14.3 Å². The summed E-state index contributed by atoms with van der Waals surface area (Å²) in [5.74, 6) is -1.75. The highest BCUT2D eigenvalue weighted by Gasteiger charge is 2.40. The van der Waals surface area contributed by atoms with Gasteiger partial charge in [0.1, 0.15) is 24.0 Å². The number of ether oxygens (including phenoxy) is 2. The van der Waals surface area contributed by atoms with E-state index in [4.69, 9.17) is 9.47 Å². The maximum atomic E-state index is 13.3. The first-order valence-corrected chi connectivity index (χ1v) is 11.7. The van der Waals surface area contributed by atoms with Crippen molar-refractivity contribution in [2.24, 2.45) is 5.92 Å². The van der Waals surface area contributed by atoms with Crippen LogP contribution in [0.25, 0.3) is 0 Å². The van der Waals surface area contributed by atoms with Gasteiger partial charge in [-0.2, -0.15) is 13.2 Å². The van der Waals surface area contributed by atoms with E-state index in [9.17, 15) is 22.4 Å². The zero-order chi connectivity index (χ0) is 25.7. The maximum absolute atomic E-state index is 13.3. The van der Waals surface area contributed by atoms with Gasteiger partial charge in [0, 0.05) is 31.0 Å². The molecule has 0 aromatic carbocycles. The Morgan fingerprint density at radius 3 is 2.81 bits per heavy atom. The molecule has 4 rings (SSSR count). The molecule has 1 amide bonds. The van der Waals surface area contributed by atoms with E-state index in [1.807, 2.05) is 40.7 Å². The number of nitrogens with one attached hydrogen (secondary N) is 2. The Balaban J connectivity index is 1.48. The summed E-state index contributed by atoms with van der Waals surface area (Å²) in [4.78, 5) is 11.5. The predicted octanol–water partition coefficient (Wildman–Crippen LogP) is 4.76. The summed E-state index contributed by atoms with van der Waals surface area (Å²) >= 11 is 0. The highest BCUT2D eigenvalue weighted by molar-refractivity contribution is 5.82. The van der Waals surface area contributed by atoms with E-state index in [2.05, 4.69) is 11.2 Å². The van der Waals surface area contributed by atoms with Crippen LogP contribution in [0.5, 0.6) is 0 Å². The Hall–Kier alpha value is -3.49. The monoisotopic (exact) mass is 505 g/mol. The van der Waals surface area contributed by atoms with Crippen LogP contribution in [0, 0.1) is 5.92 Å². The van der Waals surface area contributed by atoms with Gasteiger partial charge in [-0.3, -0.25) is 4.79 Å². The van der Waals surface area contributed by atoms with Gasteiger partial charge in [-0.1, -0.05) is 24.3 Å². The van der Waals surface area contributed by atoms with Crippen LogP contribution >= 0.6 is 0 Å². The van der Waals surface area contributed by atoms with Crippen molar-refractivity contribution in [3.05, 3.63) is 89.7 Å². The molecular formula is C26H27F4N3O3. The van der Waals surface area contributed by atoms with E-state index in [-0.39, 0.29) is 29.6 Å². The lowest BCUT2D eigenvalue weighted by Crippen LogP contribution is -2.42. The molecular weight excluding hydrogens is 478 g/mol. The quantitative estimate of drug-likeness (QED) is 0.297. The fourth-order valence-electron chi connectivity index (χ4n) is 4.21. The second-order valence-corrected chi connectivity index (χ2v) is 8.75. The number of alkyl halides is 3. The van der Waals surface area contributed by atoms with E-state index in [1.165, 1.54) is 25.3 Å². The number of hydrogen-bond donors (Lipinski definition) is 2. The molecule has 10 heteroatoms. The number of carbonyl (C=O) groups excluding carboxylic acids is 1. The van der Waals surface area contributed by atoms with E-state index in [1.54, 1.807) is 12.2 Å². The van der Waals surface area contributed by atoms with Crippen molar-refractivity contribution >= 4 is 5.91 Å². The third-order valence-electron chi connectivity index (χ3n) is 6.08. The fraction of sp³-hybridized carbons (Fsp3) is 0.385. The lowest BCUT2D eigenvalue weighted by Gasteiger charge is -2.31. The van der Waals surface area contributed by atoms with Crippen LogP contribution in [0.15, 0.2) is 89.7 Å². The van der Waals surface area contributed by atoms with Crippen LogP contribution in [-0.4, -0.2) is 41.8 Å². The van der Waals surface area contributed by atoms with Crippen LogP contribution < -0.4 is 10.7 Å². The smallest absolute Gasteiger partial charge is 0.471 e. The van der Waals surface area contributed by atoms with Gasteiger partial charge >= 0.3 is 12.1 Å². The lowest BCUT2D eigenvalue weighted by atomic mass is 9.95. The summed E-state index contributed by atoms with van der Waals surface area (Å²) in [6, 6.07) is -1.13. The molecule has 0 aromatic rings. The van der Waals surface area contributed by atoms with Crippen LogP contribution in [0.2, 0.25) is 0 Å². The van der Waals surface area contributed by atoms with Crippen molar-refractivity contribution in [2.45, 2.75) is 50.6 Å². The van der Waals surface area contributed by atoms with Crippen molar-refractivity contribution < 1.29 is 31.8 Å². The number of hydrazine groups is 1. The Morgan fingerprint density at radius 2 is 2.11 bits per heavy atom. The summed E-state index contributed by atoms with van der Waals surface area (Å²) in [6.45, 7) is 2.01. The summed E-state index contributed by atoms with van der Waals surface area (Å²) in [5.41, 5.74) is 7.11. The number of carbonyl (C=O) groups is 1. The SMILES string of the molecule is C[C@H](NC(=O)C(F)(F)F)C(=C=COC1C=CC=CC1)OC1=CC=C2C(CNN2[C@H]2C=CC(F)=CC2)C1. The molecule has 1 fully saturated rings. The topological polar surface area (TPSA) is 62.8 Å². The Bertz CT molecular complexity index is 1110. The number of rotatable bonds is 7. The summed E-state index contributed by atoms with van der Waals surface area (Å²) in [5, 5.41) is 3.90. The van der Waals surface area contributed by atoms with Gasteiger partial charge in [-0.25, -0.2) is 9.82 Å². The molecule has 1 saturated heterocycles. The standard InChI is InChI=1S/C26H27F4N3O3/c1-17(32-25(34)26(28,29)30)24(13-14-35-21-5-3-2-4-6-21)36-22-11-12-23-18(15-22)16-31-33(23)20-9-7-19(27)8-10-20/h2-5,7-9,11-12,14,17-18,20-21,31H,6,10,15-16H2,1H3,(H,32,34)/t13?,17-,18?,20-,21?/m0/s1. The number of fused-ring (bicyclic) bond motifs is 1. The molecule has 192 valence electrons. The predicted molar refractivity (Wildman–Crippen MR) is 125 cm³/mol. The molecule has 0 saturated carbocycles. The molecule has 1 heterocycles. The van der Waals surface area contributed by atoms with Gasteiger partial charge < -0.3 is 19.8 Å². The Kier molecular flexibility index (Phi) is 7.86. The van der Waals surface area contributed by atoms with E-state index < -0.39 is 18.1 Å². The molecule has 0 bridgehead atoms. The summed E-state index contributed by atoms with van der Waals surface area (Å²) in [7, 11) is 0. The first-order chi connectivity index (χ1) is 17.2. The molecule has 0 aromatic heterocycles. The first kappa shape index (κ1) is 25.6. The van der Waals surface area contributed by atoms with Crippen LogP contribution in [0.1, 0.15) is 26.2 Å². The number of halogens is 4. The van der Waals surface area contributed by atoms with Gasteiger partial charge in [-0.15, -0.1) is 0 Å². The highest BCUT2D eigenvalue weighted by Crippen LogP contribution is 2.35. The number of amides is 1. The van der Waals surface area contributed by atoms with Crippen molar-refractivity contribution in [2.75, 3.05) is 6.54 Å². The molecule has 4 aliphatic rings.